The summed E-state index contributed by atoms with van der Waals surface area (Å²) in [5.74, 6) is -1.38. The molecule has 4 aromatic rings. The maximum absolute atomic E-state index is 13.6. The first-order valence-corrected chi connectivity index (χ1v) is 8.91. The van der Waals surface area contributed by atoms with E-state index >= 15 is 0 Å². The molecule has 0 spiro atoms. The highest BCUT2D eigenvalue weighted by Gasteiger charge is 2.36. The Kier molecular flexibility index (Phi) is 4.56. The van der Waals surface area contributed by atoms with Crippen molar-refractivity contribution in [3.63, 3.8) is 0 Å². The maximum atomic E-state index is 13.6. The summed E-state index contributed by atoms with van der Waals surface area (Å²) in [5, 5.41) is 6.43. The van der Waals surface area contributed by atoms with Crippen LogP contribution in [0.4, 0.5) is 18.9 Å². The third kappa shape index (κ3) is 3.51. The van der Waals surface area contributed by atoms with Gasteiger partial charge in [-0.25, -0.2) is 4.98 Å². The van der Waals surface area contributed by atoms with Crippen molar-refractivity contribution in [3.8, 4) is 11.5 Å². The Hall–Kier alpha value is -3.69. The maximum Gasteiger partial charge on any atom is 0.433 e. The number of nitrogens with zero attached hydrogens (tertiary/aromatic N) is 4. The van der Waals surface area contributed by atoms with Crippen LogP contribution in [-0.2, 0) is 6.18 Å². The molecule has 3 aromatic heterocycles. The number of hydrogen-bond acceptors (Lipinski definition) is 5. The van der Waals surface area contributed by atoms with Crippen LogP contribution in [0.25, 0.3) is 17.2 Å². The second kappa shape index (κ2) is 6.97. The Morgan fingerprint density at radius 2 is 1.80 bits per heavy atom. The predicted octanol–water partition coefficient (Wildman–Crippen LogP) is 4.58. The standard InChI is InChI=1S/C20H16F3N5O2/c1-10-7-11(2)16(12(3)8-10)25-18(29)17-26-19-24-13(14-5-4-6-30-14)9-15(20(21,22)23)28(19)27-17/h4-9H,1-3H3,(H,25,29). The number of carbonyl (C=O) groups excluding carboxylic acids is 1. The van der Waals surface area contributed by atoms with Gasteiger partial charge in [-0.05, 0) is 50.1 Å². The van der Waals surface area contributed by atoms with Gasteiger partial charge in [0.2, 0.25) is 5.82 Å². The van der Waals surface area contributed by atoms with Gasteiger partial charge in [-0.2, -0.15) is 22.7 Å². The van der Waals surface area contributed by atoms with Crippen molar-refractivity contribution >= 4 is 17.4 Å². The number of amides is 1. The summed E-state index contributed by atoms with van der Waals surface area (Å²) in [6.07, 6.45) is -3.42. The average molecular weight is 415 g/mol. The number of nitrogens with one attached hydrogen (secondary N) is 1. The molecule has 7 nitrogen and oxygen atoms in total. The predicted molar refractivity (Wildman–Crippen MR) is 102 cm³/mol. The molecule has 30 heavy (non-hydrogen) atoms. The van der Waals surface area contributed by atoms with Crippen LogP contribution in [0.1, 0.15) is 33.0 Å². The molecule has 0 saturated heterocycles. The normalized spacial score (nSPS) is 11.8. The number of aryl methyl sites for hydroxylation is 3. The lowest BCUT2D eigenvalue weighted by Gasteiger charge is -2.11. The van der Waals surface area contributed by atoms with Gasteiger partial charge in [0.15, 0.2) is 11.5 Å². The Labute approximate surface area is 168 Å². The summed E-state index contributed by atoms with van der Waals surface area (Å²) in [6, 6.07) is 7.59. The number of anilines is 1. The number of halogens is 3. The minimum Gasteiger partial charge on any atom is -0.463 e. The van der Waals surface area contributed by atoms with Crippen LogP contribution in [0.5, 0.6) is 0 Å². The zero-order chi connectivity index (χ0) is 21.6. The topological polar surface area (TPSA) is 85.3 Å². The van der Waals surface area contributed by atoms with Crippen molar-refractivity contribution in [3.05, 3.63) is 64.8 Å². The molecule has 0 aliphatic rings. The van der Waals surface area contributed by atoms with Gasteiger partial charge in [-0.15, -0.1) is 5.10 Å². The van der Waals surface area contributed by atoms with E-state index in [0.717, 1.165) is 22.8 Å². The van der Waals surface area contributed by atoms with E-state index in [9.17, 15) is 18.0 Å². The van der Waals surface area contributed by atoms with Gasteiger partial charge < -0.3 is 9.73 Å². The van der Waals surface area contributed by atoms with Crippen LogP contribution < -0.4 is 5.32 Å². The van der Waals surface area contributed by atoms with Crippen LogP contribution in [-0.4, -0.2) is 25.5 Å². The van der Waals surface area contributed by atoms with Crippen molar-refractivity contribution in [2.45, 2.75) is 26.9 Å². The van der Waals surface area contributed by atoms with E-state index in [1.165, 1.54) is 18.4 Å². The summed E-state index contributed by atoms with van der Waals surface area (Å²) in [7, 11) is 0. The molecule has 0 saturated carbocycles. The Morgan fingerprint density at radius 1 is 1.10 bits per heavy atom. The van der Waals surface area contributed by atoms with E-state index < -0.39 is 23.6 Å². The monoisotopic (exact) mass is 415 g/mol. The van der Waals surface area contributed by atoms with E-state index in [-0.39, 0.29) is 17.2 Å². The summed E-state index contributed by atoms with van der Waals surface area (Å²) < 4.78 is 46.4. The van der Waals surface area contributed by atoms with Crippen LogP contribution in [0.3, 0.4) is 0 Å². The quantitative estimate of drug-likeness (QED) is 0.529. The molecule has 0 atom stereocenters. The van der Waals surface area contributed by atoms with Gasteiger partial charge >= 0.3 is 6.18 Å². The second-order valence-electron chi connectivity index (χ2n) is 6.88. The number of alkyl halides is 3. The highest BCUT2D eigenvalue weighted by molar-refractivity contribution is 6.02. The number of aromatic nitrogens is 4. The smallest absolute Gasteiger partial charge is 0.433 e. The van der Waals surface area contributed by atoms with Gasteiger partial charge in [0.1, 0.15) is 5.69 Å². The molecule has 0 unspecified atom stereocenters. The molecular formula is C20H16F3N5O2. The molecule has 0 fully saturated rings. The molecule has 1 N–H and O–H groups in total. The van der Waals surface area contributed by atoms with Crippen LogP contribution in [0.15, 0.2) is 41.0 Å². The van der Waals surface area contributed by atoms with E-state index in [1.807, 2.05) is 32.9 Å². The van der Waals surface area contributed by atoms with Crippen molar-refractivity contribution in [1.29, 1.82) is 0 Å². The van der Waals surface area contributed by atoms with Gasteiger partial charge in [-0.1, -0.05) is 17.7 Å². The fourth-order valence-corrected chi connectivity index (χ4v) is 3.26. The number of benzene rings is 1. The van der Waals surface area contributed by atoms with Gasteiger partial charge in [0, 0.05) is 5.69 Å². The highest BCUT2D eigenvalue weighted by atomic mass is 19.4. The molecule has 0 bridgehead atoms. The minimum atomic E-state index is -4.74. The summed E-state index contributed by atoms with van der Waals surface area (Å²) in [4.78, 5) is 20.7. The molecule has 10 heteroatoms. The molecule has 0 aliphatic heterocycles. The second-order valence-corrected chi connectivity index (χ2v) is 6.88. The number of rotatable bonds is 3. The van der Waals surface area contributed by atoms with E-state index in [2.05, 4.69) is 20.4 Å². The summed E-state index contributed by atoms with van der Waals surface area (Å²) in [6.45, 7) is 5.58. The van der Waals surface area contributed by atoms with Gasteiger partial charge in [0.05, 0.1) is 6.26 Å². The van der Waals surface area contributed by atoms with Crippen molar-refractivity contribution in [2.75, 3.05) is 5.32 Å². The fourth-order valence-electron chi connectivity index (χ4n) is 3.26. The zero-order valence-corrected chi connectivity index (χ0v) is 16.2. The van der Waals surface area contributed by atoms with E-state index in [1.54, 1.807) is 0 Å². The molecule has 1 aromatic carbocycles. The SMILES string of the molecule is Cc1cc(C)c(NC(=O)c2nc3nc(-c4ccco4)cc(C(F)(F)F)n3n2)c(C)c1. The Bertz CT molecular complexity index is 1240. The van der Waals surface area contributed by atoms with Crippen LogP contribution in [0.2, 0.25) is 0 Å². The molecule has 4 rings (SSSR count). The first kappa shape index (κ1) is 19.6. The summed E-state index contributed by atoms with van der Waals surface area (Å²) >= 11 is 0. The number of furan rings is 1. The third-order valence-corrected chi connectivity index (χ3v) is 4.49. The lowest BCUT2D eigenvalue weighted by atomic mass is 10.1. The van der Waals surface area contributed by atoms with Gasteiger partial charge in [0.25, 0.3) is 11.7 Å². The van der Waals surface area contributed by atoms with Crippen molar-refractivity contribution in [1.82, 2.24) is 19.6 Å². The number of carbonyl (C=O) groups is 1. The zero-order valence-electron chi connectivity index (χ0n) is 16.2. The lowest BCUT2D eigenvalue weighted by molar-refractivity contribution is -0.142. The first-order valence-electron chi connectivity index (χ1n) is 8.91. The molecule has 0 aliphatic carbocycles. The number of fused-ring (bicyclic) bond motifs is 1. The summed E-state index contributed by atoms with van der Waals surface area (Å²) in [5.41, 5.74) is 2.04. The van der Waals surface area contributed by atoms with Gasteiger partial charge in [-0.3, -0.25) is 4.79 Å². The minimum absolute atomic E-state index is 0.0654. The van der Waals surface area contributed by atoms with Crippen molar-refractivity contribution in [2.24, 2.45) is 0 Å². The molecule has 0 radical (unpaired) electrons. The van der Waals surface area contributed by atoms with E-state index in [4.69, 9.17) is 4.42 Å². The van der Waals surface area contributed by atoms with Crippen LogP contribution >= 0.6 is 0 Å². The lowest BCUT2D eigenvalue weighted by Crippen LogP contribution is -2.17. The molecule has 3 heterocycles. The largest absolute Gasteiger partial charge is 0.463 e. The highest BCUT2D eigenvalue weighted by Crippen LogP contribution is 2.32. The fraction of sp³-hybridized carbons (Fsp3) is 0.200. The van der Waals surface area contributed by atoms with Crippen LogP contribution in [0, 0.1) is 20.8 Å². The van der Waals surface area contributed by atoms with Crippen molar-refractivity contribution < 1.29 is 22.4 Å². The molecule has 1 amide bonds. The molecule has 154 valence electrons. The Balaban J connectivity index is 1.78. The molecular weight excluding hydrogens is 399 g/mol. The Morgan fingerprint density at radius 3 is 2.40 bits per heavy atom. The first-order chi connectivity index (χ1) is 14.1. The number of hydrogen-bond donors (Lipinski definition) is 1. The average Bonchev–Trinajstić information content (AvgIpc) is 3.32. The van der Waals surface area contributed by atoms with E-state index in [0.29, 0.717) is 10.2 Å². The third-order valence-electron chi connectivity index (χ3n) is 4.49.